The zero-order chi connectivity index (χ0) is 13.2. The van der Waals surface area contributed by atoms with Gasteiger partial charge in [-0.1, -0.05) is 30.3 Å². The lowest BCUT2D eigenvalue weighted by atomic mass is 10.2. The second-order valence-corrected chi connectivity index (χ2v) is 3.25. The van der Waals surface area contributed by atoms with Crippen molar-refractivity contribution in [2.75, 3.05) is 13.7 Å². The summed E-state index contributed by atoms with van der Waals surface area (Å²) >= 11 is 0. The minimum Gasteiger partial charge on any atom is -0.495 e. The molecule has 0 fully saturated rings. The number of hydrogen-bond donors (Lipinski definition) is 1. The number of hydrazone groups is 1. The molecule has 0 unspecified atom stereocenters. The smallest absolute Gasteiger partial charge is 0.427 e. The lowest BCUT2D eigenvalue weighted by Crippen LogP contribution is -2.18. The van der Waals surface area contributed by atoms with E-state index in [0.717, 1.165) is 5.56 Å². The molecule has 0 spiro atoms. The number of rotatable bonds is 5. The van der Waals surface area contributed by atoms with E-state index in [4.69, 9.17) is 4.74 Å². The first-order valence-corrected chi connectivity index (χ1v) is 5.52. The number of ether oxygens (including phenoxy) is 2. The minimum atomic E-state index is -0.594. The summed E-state index contributed by atoms with van der Waals surface area (Å²) < 4.78 is 9.77. The molecule has 96 valence electrons. The number of carbonyl (C=O) groups excluding carboxylic acids is 1. The molecular weight excluding hydrogens is 232 g/mol. The van der Waals surface area contributed by atoms with Crippen molar-refractivity contribution in [1.29, 1.82) is 0 Å². The van der Waals surface area contributed by atoms with Gasteiger partial charge >= 0.3 is 6.09 Å². The molecule has 0 atom stereocenters. The fourth-order valence-electron chi connectivity index (χ4n) is 1.17. The van der Waals surface area contributed by atoms with Gasteiger partial charge in [0.25, 0.3) is 0 Å². The average molecular weight is 248 g/mol. The number of amides is 1. The predicted octanol–water partition coefficient (Wildman–Crippen LogP) is 2.41. The lowest BCUT2D eigenvalue weighted by molar-refractivity contribution is 0.152. The molecule has 0 bridgehead atoms. The number of nitrogens with one attached hydrogen (secondary N) is 1. The van der Waals surface area contributed by atoms with E-state index in [0.29, 0.717) is 12.4 Å². The number of carbonyl (C=O) groups is 1. The minimum absolute atomic E-state index is 0.304. The van der Waals surface area contributed by atoms with Crippen LogP contribution in [0.1, 0.15) is 12.5 Å². The van der Waals surface area contributed by atoms with Crippen LogP contribution in [-0.4, -0.2) is 26.0 Å². The van der Waals surface area contributed by atoms with Crippen LogP contribution >= 0.6 is 0 Å². The average Bonchev–Trinajstić information content (AvgIpc) is 2.39. The van der Waals surface area contributed by atoms with Gasteiger partial charge in [0, 0.05) is 0 Å². The molecule has 5 heteroatoms. The highest BCUT2D eigenvalue weighted by Gasteiger charge is 1.97. The molecule has 1 aromatic rings. The number of allylic oxidation sites excluding steroid dienone is 1. The lowest BCUT2D eigenvalue weighted by Gasteiger charge is -2.01. The summed E-state index contributed by atoms with van der Waals surface area (Å²) in [6.07, 6.45) is 2.61. The van der Waals surface area contributed by atoms with Gasteiger partial charge < -0.3 is 9.47 Å². The largest absolute Gasteiger partial charge is 0.495 e. The van der Waals surface area contributed by atoms with E-state index in [1.807, 2.05) is 30.3 Å². The van der Waals surface area contributed by atoms with Gasteiger partial charge in [-0.2, -0.15) is 5.10 Å². The molecule has 0 radical (unpaired) electrons. The van der Waals surface area contributed by atoms with Gasteiger partial charge in [-0.05, 0) is 18.6 Å². The van der Waals surface area contributed by atoms with Crippen LogP contribution < -0.4 is 5.43 Å². The third-order valence-corrected chi connectivity index (χ3v) is 1.97. The molecule has 1 N–H and O–H groups in total. The SMILES string of the molecule is CCOC(=O)NN=CC(=Cc1ccccc1)OC. The zero-order valence-corrected chi connectivity index (χ0v) is 10.4. The summed E-state index contributed by atoms with van der Waals surface area (Å²) in [7, 11) is 1.53. The Balaban J connectivity index is 2.59. The van der Waals surface area contributed by atoms with E-state index in [1.54, 1.807) is 13.0 Å². The first-order valence-electron chi connectivity index (χ1n) is 5.52. The van der Waals surface area contributed by atoms with Gasteiger partial charge in [0.05, 0.1) is 19.9 Å². The molecular formula is C13H16N2O3. The summed E-state index contributed by atoms with van der Waals surface area (Å²) in [6, 6.07) is 9.65. The van der Waals surface area contributed by atoms with Crippen LogP contribution in [0.5, 0.6) is 0 Å². The molecule has 1 aromatic carbocycles. The maximum absolute atomic E-state index is 11.0. The molecule has 5 nitrogen and oxygen atoms in total. The Hall–Kier alpha value is -2.30. The normalized spacial score (nSPS) is 11.3. The third-order valence-electron chi connectivity index (χ3n) is 1.97. The Morgan fingerprint density at radius 2 is 2.11 bits per heavy atom. The molecule has 0 aromatic heterocycles. The van der Waals surface area contributed by atoms with Gasteiger partial charge in [0.15, 0.2) is 0 Å². The molecule has 0 aliphatic heterocycles. The predicted molar refractivity (Wildman–Crippen MR) is 70.1 cm³/mol. The van der Waals surface area contributed by atoms with Gasteiger partial charge in [0.2, 0.25) is 0 Å². The van der Waals surface area contributed by atoms with Gasteiger partial charge in [-0.25, -0.2) is 10.2 Å². The summed E-state index contributed by atoms with van der Waals surface area (Å²) in [5.74, 6) is 0.526. The maximum atomic E-state index is 11.0. The van der Waals surface area contributed by atoms with Crippen molar-refractivity contribution in [2.24, 2.45) is 5.10 Å². The third kappa shape index (κ3) is 5.16. The second-order valence-electron chi connectivity index (χ2n) is 3.25. The topological polar surface area (TPSA) is 59.9 Å². The Labute approximate surface area is 106 Å². The first kappa shape index (κ1) is 13.8. The van der Waals surface area contributed by atoms with Gasteiger partial charge in [0.1, 0.15) is 5.76 Å². The Morgan fingerprint density at radius 1 is 1.39 bits per heavy atom. The van der Waals surface area contributed by atoms with Crippen LogP contribution in [0.25, 0.3) is 6.08 Å². The summed E-state index contributed by atoms with van der Waals surface area (Å²) in [4.78, 5) is 11.0. The highest BCUT2D eigenvalue weighted by atomic mass is 16.5. The van der Waals surface area contributed by atoms with E-state index in [2.05, 4.69) is 15.3 Å². The molecule has 0 saturated heterocycles. The molecule has 1 rings (SSSR count). The van der Waals surface area contributed by atoms with E-state index < -0.39 is 6.09 Å². The number of nitrogens with zero attached hydrogens (tertiary/aromatic N) is 1. The molecule has 0 saturated carbocycles. The van der Waals surface area contributed by atoms with Crippen molar-refractivity contribution in [2.45, 2.75) is 6.92 Å². The van der Waals surface area contributed by atoms with Crippen molar-refractivity contribution in [3.05, 3.63) is 41.7 Å². The van der Waals surface area contributed by atoms with Crippen LogP contribution in [0.4, 0.5) is 4.79 Å². The Kier molecular flexibility index (Phi) is 6.03. The van der Waals surface area contributed by atoms with E-state index in [-0.39, 0.29) is 0 Å². The van der Waals surface area contributed by atoms with Crippen molar-refractivity contribution in [3.8, 4) is 0 Å². The van der Waals surface area contributed by atoms with Crippen LogP contribution in [0.3, 0.4) is 0 Å². The molecule has 0 aliphatic rings. The van der Waals surface area contributed by atoms with E-state index in [1.165, 1.54) is 13.3 Å². The van der Waals surface area contributed by atoms with E-state index >= 15 is 0 Å². The van der Waals surface area contributed by atoms with Crippen molar-refractivity contribution >= 4 is 18.4 Å². The highest BCUT2D eigenvalue weighted by Crippen LogP contribution is 2.05. The Morgan fingerprint density at radius 3 is 2.72 bits per heavy atom. The van der Waals surface area contributed by atoms with Gasteiger partial charge in [-0.3, -0.25) is 0 Å². The maximum Gasteiger partial charge on any atom is 0.427 e. The van der Waals surface area contributed by atoms with Crippen molar-refractivity contribution in [3.63, 3.8) is 0 Å². The summed E-state index contributed by atoms with van der Waals surface area (Å²) in [6.45, 7) is 2.03. The van der Waals surface area contributed by atoms with Crippen LogP contribution in [-0.2, 0) is 9.47 Å². The molecule has 18 heavy (non-hydrogen) atoms. The number of hydrogen-bond acceptors (Lipinski definition) is 4. The number of benzene rings is 1. The highest BCUT2D eigenvalue weighted by molar-refractivity contribution is 5.83. The second kappa shape index (κ2) is 7.89. The molecule has 1 amide bonds. The fourth-order valence-corrected chi connectivity index (χ4v) is 1.17. The summed E-state index contributed by atoms with van der Waals surface area (Å²) in [5.41, 5.74) is 3.20. The fraction of sp³-hybridized carbons (Fsp3) is 0.231. The first-order chi connectivity index (χ1) is 8.76. The van der Waals surface area contributed by atoms with Crippen molar-refractivity contribution < 1.29 is 14.3 Å². The Bertz CT molecular complexity index is 427. The monoisotopic (exact) mass is 248 g/mol. The van der Waals surface area contributed by atoms with Crippen LogP contribution in [0.15, 0.2) is 41.2 Å². The quantitative estimate of drug-likeness (QED) is 0.494. The summed E-state index contributed by atoms with van der Waals surface area (Å²) in [5, 5.41) is 3.71. The standard InChI is InChI=1S/C13H16N2O3/c1-3-18-13(16)15-14-10-12(17-2)9-11-7-5-4-6-8-11/h4-10H,3H2,1-2H3,(H,15,16). The number of methoxy groups -OCH3 is 1. The molecule has 0 aliphatic carbocycles. The zero-order valence-electron chi connectivity index (χ0n) is 10.4. The molecule has 0 heterocycles. The van der Waals surface area contributed by atoms with Crippen LogP contribution in [0.2, 0.25) is 0 Å². The van der Waals surface area contributed by atoms with E-state index in [9.17, 15) is 4.79 Å². The van der Waals surface area contributed by atoms with Crippen molar-refractivity contribution in [1.82, 2.24) is 5.43 Å². The van der Waals surface area contributed by atoms with Crippen LogP contribution in [0, 0.1) is 0 Å². The van der Waals surface area contributed by atoms with Gasteiger partial charge in [-0.15, -0.1) is 0 Å².